The Kier molecular flexibility index (Phi) is 3.79. The van der Waals surface area contributed by atoms with Gasteiger partial charge in [0, 0.05) is 40.8 Å². The van der Waals surface area contributed by atoms with E-state index in [9.17, 15) is 4.79 Å². The van der Waals surface area contributed by atoms with Gasteiger partial charge in [-0.3, -0.25) is 19.2 Å². The Labute approximate surface area is 155 Å². The quantitative estimate of drug-likeness (QED) is 0.773. The van der Waals surface area contributed by atoms with Crippen LogP contribution in [-0.4, -0.2) is 50.5 Å². The molecule has 0 spiro atoms. The SMILES string of the molecule is C[C@H]1[C@H](NC(=O)c2cc3sc(-n4ccnc4)cc3cn2)C2CCN1CC2. The molecule has 0 saturated carbocycles. The first-order chi connectivity index (χ1) is 12.7. The summed E-state index contributed by atoms with van der Waals surface area (Å²) in [5.41, 5.74) is 0.500. The number of fused-ring (bicyclic) bond motifs is 4. The van der Waals surface area contributed by atoms with Gasteiger partial charge in [0.15, 0.2) is 0 Å². The number of hydrogen-bond donors (Lipinski definition) is 1. The van der Waals surface area contributed by atoms with Crippen LogP contribution in [-0.2, 0) is 0 Å². The van der Waals surface area contributed by atoms with Gasteiger partial charge < -0.3 is 5.32 Å². The van der Waals surface area contributed by atoms with E-state index < -0.39 is 0 Å². The van der Waals surface area contributed by atoms with Crippen molar-refractivity contribution in [2.45, 2.75) is 31.8 Å². The summed E-state index contributed by atoms with van der Waals surface area (Å²) < 4.78 is 3.04. The summed E-state index contributed by atoms with van der Waals surface area (Å²) in [4.78, 5) is 23.8. The molecule has 3 fully saturated rings. The molecule has 6 heterocycles. The molecule has 0 aliphatic carbocycles. The van der Waals surface area contributed by atoms with Crippen molar-refractivity contribution in [2.24, 2.45) is 5.92 Å². The van der Waals surface area contributed by atoms with E-state index in [-0.39, 0.29) is 11.9 Å². The van der Waals surface area contributed by atoms with E-state index in [1.165, 1.54) is 12.8 Å². The fourth-order valence-electron chi connectivity index (χ4n) is 4.33. The second-order valence-electron chi connectivity index (χ2n) is 7.28. The van der Waals surface area contributed by atoms with E-state index in [1.807, 2.05) is 16.8 Å². The number of aromatic nitrogens is 3. The van der Waals surface area contributed by atoms with Crippen molar-refractivity contribution in [3.63, 3.8) is 0 Å². The van der Waals surface area contributed by atoms with Gasteiger partial charge in [0.2, 0.25) is 0 Å². The summed E-state index contributed by atoms with van der Waals surface area (Å²) in [6, 6.07) is 4.62. The highest BCUT2D eigenvalue weighted by Crippen LogP contribution is 2.32. The van der Waals surface area contributed by atoms with Crippen LogP contribution >= 0.6 is 11.3 Å². The fourth-order valence-corrected chi connectivity index (χ4v) is 5.36. The molecule has 26 heavy (non-hydrogen) atoms. The van der Waals surface area contributed by atoms with Crippen LogP contribution in [0.2, 0.25) is 0 Å². The Morgan fingerprint density at radius 2 is 2.15 bits per heavy atom. The molecule has 0 radical (unpaired) electrons. The molecule has 3 aliphatic rings. The molecule has 1 amide bonds. The summed E-state index contributed by atoms with van der Waals surface area (Å²) >= 11 is 1.64. The number of nitrogens with zero attached hydrogens (tertiary/aromatic N) is 4. The van der Waals surface area contributed by atoms with Gasteiger partial charge in [0.05, 0.1) is 6.33 Å². The van der Waals surface area contributed by atoms with E-state index in [0.717, 1.165) is 28.2 Å². The smallest absolute Gasteiger partial charge is 0.270 e. The van der Waals surface area contributed by atoms with Crippen LogP contribution in [0.25, 0.3) is 15.1 Å². The number of amides is 1. The van der Waals surface area contributed by atoms with Crippen molar-refractivity contribution < 1.29 is 4.79 Å². The van der Waals surface area contributed by atoms with Crippen LogP contribution < -0.4 is 5.32 Å². The van der Waals surface area contributed by atoms with Gasteiger partial charge in [0.25, 0.3) is 5.91 Å². The van der Waals surface area contributed by atoms with Gasteiger partial charge in [-0.25, -0.2) is 4.98 Å². The van der Waals surface area contributed by atoms with Crippen molar-refractivity contribution in [1.82, 2.24) is 24.8 Å². The summed E-state index contributed by atoms with van der Waals surface area (Å²) in [7, 11) is 0. The molecule has 3 aliphatic heterocycles. The zero-order valence-electron chi connectivity index (χ0n) is 14.6. The monoisotopic (exact) mass is 367 g/mol. The molecule has 3 aromatic heterocycles. The maximum Gasteiger partial charge on any atom is 0.270 e. The number of piperidine rings is 3. The Morgan fingerprint density at radius 3 is 2.88 bits per heavy atom. The maximum absolute atomic E-state index is 12.8. The number of nitrogens with one attached hydrogen (secondary N) is 1. The summed E-state index contributed by atoms with van der Waals surface area (Å²) in [6.07, 6.45) is 9.61. The first-order valence-electron chi connectivity index (χ1n) is 9.12. The van der Waals surface area contributed by atoms with Crippen LogP contribution in [0.5, 0.6) is 0 Å². The standard InChI is InChI=1S/C19H21N5OS/c1-12-18(13-2-5-23(12)6-3-13)22-19(25)15-9-16-14(10-21-15)8-17(26-16)24-7-4-20-11-24/h4,7-13,18H,2-3,5-6H2,1H3,(H,22,25)/t12-,18-/m0/s1. The normalized spacial score (nSPS) is 27.7. The minimum absolute atomic E-state index is 0.0601. The zero-order valence-corrected chi connectivity index (χ0v) is 15.4. The Balaban J connectivity index is 1.39. The Hall–Kier alpha value is -2.25. The average molecular weight is 367 g/mol. The lowest BCUT2D eigenvalue weighted by atomic mass is 9.79. The number of rotatable bonds is 3. The number of thiophene rings is 1. The first-order valence-corrected chi connectivity index (χ1v) is 9.93. The van der Waals surface area contributed by atoms with Gasteiger partial charge >= 0.3 is 0 Å². The number of pyridine rings is 1. The van der Waals surface area contributed by atoms with Crippen molar-refractivity contribution in [3.8, 4) is 5.00 Å². The highest BCUT2D eigenvalue weighted by Gasteiger charge is 2.40. The predicted octanol–water partition coefficient (Wildman–Crippen LogP) is 2.69. The second-order valence-corrected chi connectivity index (χ2v) is 8.34. The number of hydrogen-bond acceptors (Lipinski definition) is 5. The van der Waals surface area contributed by atoms with Crippen molar-refractivity contribution in [2.75, 3.05) is 13.1 Å². The lowest BCUT2D eigenvalue weighted by Gasteiger charge is -2.49. The predicted molar refractivity (Wildman–Crippen MR) is 102 cm³/mol. The van der Waals surface area contributed by atoms with Crippen molar-refractivity contribution in [3.05, 3.63) is 42.7 Å². The molecule has 134 valence electrons. The summed E-state index contributed by atoms with van der Waals surface area (Å²) in [5.74, 6) is 0.535. The molecule has 0 unspecified atom stereocenters. The zero-order chi connectivity index (χ0) is 17.7. The van der Waals surface area contributed by atoms with Gasteiger partial charge in [-0.05, 0) is 50.9 Å². The lowest BCUT2D eigenvalue weighted by molar-refractivity contribution is 0.0216. The molecule has 3 saturated heterocycles. The van der Waals surface area contributed by atoms with Gasteiger partial charge in [-0.2, -0.15) is 0 Å². The highest BCUT2D eigenvalue weighted by molar-refractivity contribution is 7.21. The average Bonchev–Trinajstić information content (AvgIpc) is 3.33. The third-order valence-electron chi connectivity index (χ3n) is 5.86. The van der Waals surface area contributed by atoms with E-state index in [0.29, 0.717) is 17.7 Å². The van der Waals surface area contributed by atoms with E-state index in [2.05, 4.69) is 33.2 Å². The molecule has 6 rings (SSSR count). The number of carbonyl (C=O) groups excluding carboxylic acids is 1. The van der Waals surface area contributed by atoms with Crippen LogP contribution in [0.3, 0.4) is 0 Å². The molecule has 3 aromatic rings. The van der Waals surface area contributed by atoms with E-state index in [1.54, 1.807) is 30.1 Å². The molecule has 1 N–H and O–H groups in total. The minimum Gasteiger partial charge on any atom is -0.346 e. The van der Waals surface area contributed by atoms with Gasteiger partial charge in [-0.1, -0.05) is 0 Å². The second kappa shape index (κ2) is 6.17. The minimum atomic E-state index is -0.0601. The largest absolute Gasteiger partial charge is 0.346 e. The first kappa shape index (κ1) is 16.0. The number of carbonyl (C=O) groups is 1. The molecule has 2 atom stereocenters. The Bertz CT molecular complexity index is 940. The Morgan fingerprint density at radius 1 is 1.31 bits per heavy atom. The third kappa shape index (κ3) is 2.62. The molecular weight excluding hydrogens is 346 g/mol. The van der Waals surface area contributed by atoms with Crippen molar-refractivity contribution in [1.29, 1.82) is 0 Å². The van der Waals surface area contributed by atoms with Crippen LogP contribution in [0.1, 0.15) is 30.3 Å². The number of imidazole rings is 1. The maximum atomic E-state index is 12.8. The van der Waals surface area contributed by atoms with Gasteiger partial charge in [0.1, 0.15) is 10.7 Å². The molecule has 0 aromatic carbocycles. The van der Waals surface area contributed by atoms with E-state index in [4.69, 9.17) is 0 Å². The summed E-state index contributed by atoms with van der Waals surface area (Å²) in [5, 5.41) is 5.38. The fraction of sp³-hybridized carbons (Fsp3) is 0.421. The third-order valence-corrected chi connectivity index (χ3v) is 6.97. The summed E-state index contributed by atoms with van der Waals surface area (Å²) in [6.45, 7) is 4.55. The molecular formula is C19H21N5OS. The van der Waals surface area contributed by atoms with Crippen LogP contribution in [0.4, 0.5) is 0 Å². The molecule has 7 heteroatoms. The topological polar surface area (TPSA) is 63.1 Å². The molecule has 2 bridgehead atoms. The van der Waals surface area contributed by atoms with Crippen LogP contribution in [0, 0.1) is 5.92 Å². The molecule has 6 nitrogen and oxygen atoms in total. The van der Waals surface area contributed by atoms with Crippen LogP contribution in [0.15, 0.2) is 37.1 Å². The van der Waals surface area contributed by atoms with Gasteiger partial charge in [-0.15, -0.1) is 11.3 Å². The lowest BCUT2D eigenvalue weighted by Crippen LogP contribution is -2.62. The van der Waals surface area contributed by atoms with Crippen molar-refractivity contribution >= 4 is 27.3 Å². The highest BCUT2D eigenvalue weighted by atomic mass is 32.1. The van der Waals surface area contributed by atoms with E-state index >= 15 is 0 Å².